The Kier molecular flexibility index (Phi) is 7.79. The van der Waals surface area contributed by atoms with E-state index in [1.165, 1.54) is 12.0 Å². The molecule has 1 saturated carbocycles. The number of aliphatic imine (C=N–C) groups is 1. The van der Waals surface area contributed by atoms with Crippen LogP contribution in [0.5, 0.6) is 0 Å². The molecule has 1 aliphatic heterocycles. The molecular formula is C33H33N5O4S. The fraction of sp³-hybridized carbons (Fsp3) is 0.333. The van der Waals surface area contributed by atoms with E-state index >= 15 is 0 Å². The highest BCUT2D eigenvalue weighted by molar-refractivity contribution is 7.15. The minimum atomic E-state index is -0.544. The molecule has 4 aromatic rings. The SMILES string of the molecule is COC(=O)C[C@@H]1N=C(c2ccc(-c3ccc(C(=O)NC[C@H]4C[C@H](C=O)C4)cc3)cc2)c2c(sc(C)c2C)-n2c(C)nnc21. The molecule has 10 heteroatoms. The summed E-state index contributed by atoms with van der Waals surface area (Å²) in [6.45, 7) is 6.70. The van der Waals surface area contributed by atoms with Crippen LogP contribution in [0.4, 0.5) is 0 Å². The monoisotopic (exact) mass is 595 g/mol. The maximum Gasteiger partial charge on any atom is 0.308 e. The van der Waals surface area contributed by atoms with Crippen LogP contribution in [0.2, 0.25) is 0 Å². The Morgan fingerprint density at radius 3 is 2.30 bits per heavy atom. The number of ether oxygens (including phenoxy) is 1. The van der Waals surface area contributed by atoms with E-state index in [1.54, 1.807) is 11.3 Å². The van der Waals surface area contributed by atoms with Crippen LogP contribution in [0, 0.1) is 32.6 Å². The maximum absolute atomic E-state index is 12.6. The van der Waals surface area contributed by atoms with Gasteiger partial charge in [0.1, 0.15) is 23.2 Å². The molecular weight excluding hydrogens is 562 g/mol. The molecule has 0 radical (unpaired) electrons. The van der Waals surface area contributed by atoms with E-state index in [9.17, 15) is 14.4 Å². The van der Waals surface area contributed by atoms with Crippen LogP contribution >= 0.6 is 11.3 Å². The highest BCUT2D eigenvalue weighted by atomic mass is 32.1. The standard InChI is InChI=1S/C33H33N5O4S/c1-18-19(2)43-33-29(18)30(35-27(15-28(40)42-4)31-37-36-20(3)38(31)33)25-9-5-23(6-10-25)24-7-11-26(12-8-24)32(41)34-16-21-13-22(14-21)17-39/h5-12,17,21-22,27H,13-16H2,1-4H3,(H,34,41)/t21-,22-,27-/m0/s1. The van der Waals surface area contributed by atoms with Crippen molar-refractivity contribution in [3.8, 4) is 16.1 Å². The van der Waals surface area contributed by atoms with E-state index < -0.39 is 6.04 Å². The van der Waals surface area contributed by atoms with E-state index in [2.05, 4.69) is 29.4 Å². The molecule has 0 bridgehead atoms. The minimum Gasteiger partial charge on any atom is -0.469 e. The van der Waals surface area contributed by atoms with Crippen molar-refractivity contribution in [3.63, 3.8) is 0 Å². The van der Waals surface area contributed by atoms with Crippen LogP contribution < -0.4 is 5.32 Å². The Bertz CT molecular complexity index is 1730. The Balaban J connectivity index is 1.27. The number of thiophene rings is 1. The molecule has 2 aromatic heterocycles. The first-order chi connectivity index (χ1) is 20.8. The van der Waals surface area contributed by atoms with Gasteiger partial charge in [-0.05, 0) is 68.4 Å². The summed E-state index contributed by atoms with van der Waals surface area (Å²) in [5, 5.41) is 12.7. The number of hydrogen-bond acceptors (Lipinski definition) is 8. The second-order valence-corrected chi connectivity index (χ2v) is 12.5. The van der Waals surface area contributed by atoms with Gasteiger partial charge in [-0.1, -0.05) is 36.4 Å². The quantitative estimate of drug-likeness (QED) is 0.217. The van der Waals surface area contributed by atoms with Crippen molar-refractivity contribution < 1.29 is 19.1 Å². The number of carbonyl (C=O) groups is 3. The Hall–Kier alpha value is -4.44. The van der Waals surface area contributed by atoms with Crippen LogP contribution in [-0.2, 0) is 14.3 Å². The van der Waals surface area contributed by atoms with Crippen molar-refractivity contribution in [1.29, 1.82) is 0 Å². The number of nitrogens with one attached hydrogen (secondary N) is 1. The zero-order chi connectivity index (χ0) is 30.2. The minimum absolute atomic E-state index is 0.0586. The van der Waals surface area contributed by atoms with E-state index in [4.69, 9.17) is 9.73 Å². The van der Waals surface area contributed by atoms with Crippen molar-refractivity contribution in [1.82, 2.24) is 20.1 Å². The topological polar surface area (TPSA) is 116 Å². The van der Waals surface area contributed by atoms with Crippen molar-refractivity contribution in [2.75, 3.05) is 13.7 Å². The number of carbonyl (C=O) groups excluding carboxylic acids is 3. The molecule has 1 N–H and O–H groups in total. The number of nitrogens with zero attached hydrogens (tertiary/aromatic N) is 4. The van der Waals surface area contributed by atoms with Crippen LogP contribution in [-0.4, -0.2) is 52.3 Å². The van der Waals surface area contributed by atoms with E-state index in [-0.39, 0.29) is 24.2 Å². The molecule has 220 valence electrons. The molecule has 1 fully saturated rings. The number of hydrogen-bond donors (Lipinski definition) is 1. The number of esters is 1. The zero-order valence-electron chi connectivity index (χ0n) is 24.6. The van der Waals surface area contributed by atoms with Gasteiger partial charge in [-0.25, -0.2) is 0 Å². The molecule has 2 aliphatic rings. The van der Waals surface area contributed by atoms with E-state index in [0.717, 1.165) is 63.5 Å². The predicted molar refractivity (Wildman–Crippen MR) is 165 cm³/mol. The summed E-state index contributed by atoms with van der Waals surface area (Å²) < 4.78 is 7.00. The number of aryl methyl sites for hydroxylation is 2. The summed E-state index contributed by atoms with van der Waals surface area (Å²) in [5.74, 6) is 1.43. The Morgan fingerprint density at radius 2 is 1.65 bits per heavy atom. The smallest absolute Gasteiger partial charge is 0.308 e. The van der Waals surface area contributed by atoms with Crippen molar-refractivity contribution in [2.45, 2.75) is 46.1 Å². The second-order valence-electron chi connectivity index (χ2n) is 11.3. The lowest BCUT2D eigenvalue weighted by Crippen LogP contribution is -2.36. The third-order valence-corrected chi connectivity index (χ3v) is 9.67. The number of fused-ring (bicyclic) bond motifs is 3. The lowest BCUT2D eigenvalue weighted by Gasteiger charge is -2.31. The van der Waals surface area contributed by atoms with Crippen LogP contribution in [0.1, 0.15) is 68.9 Å². The second kappa shape index (κ2) is 11.7. The number of amides is 1. The van der Waals surface area contributed by atoms with E-state index in [0.29, 0.717) is 23.9 Å². The Morgan fingerprint density at radius 1 is 1.00 bits per heavy atom. The largest absolute Gasteiger partial charge is 0.469 e. The lowest BCUT2D eigenvalue weighted by molar-refractivity contribution is -0.141. The number of aromatic nitrogens is 3. The molecule has 43 heavy (non-hydrogen) atoms. The Labute approximate surface area is 254 Å². The van der Waals surface area contributed by atoms with Crippen LogP contribution in [0.15, 0.2) is 53.5 Å². The average Bonchev–Trinajstić information content (AvgIpc) is 3.48. The summed E-state index contributed by atoms with van der Waals surface area (Å²) in [6.07, 6.45) is 2.77. The van der Waals surface area contributed by atoms with Gasteiger partial charge in [-0.3, -0.25) is 19.1 Å². The van der Waals surface area contributed by atoms with Gasteiger partial charge in [-0.2, -0.15) is 0 Å². The third kappa shape index (κ3) is 5.43. The average molecular weight is 596 g/mol. The summed E-state index contributed by atoms with van der Waals surface area (Å²) in [5.41, 5.74) is 6.50. The van der Waals surface area contributed by atoms with Crippen LogP contribution in [0.3, 0.4) is 0 Å². The predicted octanol–water partition coefficient (Wildman–Crippen LogP) is 5.33. The molecule has 2 aromatic carbocycles. The molecule has 1 amide bonds. The normalized spacial score (nSPS) is 18.9. The van der Waals surface area contributed by atoms with Gasteiger partial charge in [0.2, 0.25) is 0 Å². The highest BCUT2D eigenvalue weighted by Gasteiger charge is 2.33. The molecule has 3 heterocycles. The van der Waals surface area contributed by atoms with E-state index in [1.807, 2.05) is 60.0 Å². The number of rotatable bonds is 8. The lowest BCUT2D eigenvalue weighted by atomic mass is 9.76. The fourth-order valence-electron chi connectivity index (χ4n) is 5.80. The number of benzene rings is 2. The van der Waals surface area contributed by atoms with Crippen molar-refractivity contribution in [2.24, 2.45) is 16.8 Å². The molecule has 1 atom stereocenters. The molecule has 9 nitrogen and oxygen atoms in total. The number of aldehydes is 1. The van der Waals surface area contributed by atoms with Gasteiger partial charge in [0.15, 0.2) is 5.82 Å². The van der Waals surface area contributed by atoms with Gasteiger partial charge in [-0.15, -0.1) is 21.5 Å². The molecule has 0 saturated heterocycles. The van der Waals surface area contributed by atoms with Crippen molar-refractivity contribution >= 4 is 35.2 Å². The van der Waals surface area contributed by atoms with Gasteiger partial charge < -0.3 is 14.8 Å². The van der Waals surface area contributed by atoms with Crippen molar-refractivity contribution in [3.05, 3.63) is 87.3 Å². The highest BCUT2D eigenvalue weighted by Crippen LogP contribution is 2.40. The summed E-state index contributed by atoms with van der Waals surface area (Å²) in [6, 6.07) is 15.2. The fourth-order valence-corrected chi connectivity index (χ4v) is 7.02. The van der Waals surface area contributed by atoms with Crippen LogP contribution in [0.25, 0.3) is 16.1 Å². The van der Waals surface area contributed by atoms with Gasteiger partial charge >= 0.3 is 5.97 Å². The third-order valence-electron chi connectivity index (χ3n) is 8.48. The summed E-state index contributed by atoms with van der Waals surface area (Å²) in [4.78, 5) is 42.1. The molecule has 1 aliphatic carbocycles. The first-order valence-corrected chi connectivity index (χ1v) is 15.2. The first kappa shape index (κ1) is 28.7. The van der Waals surface area contributed by atoms with Gasteiger partial charge in [0, 0.05) is 34.0 Å². The zero-order valence-corrected chi connectivity index (χ0v) is 25.4. The van der Waals surface area contributed by atoms with Gasteiger partial charge in [0.05, 0.1) is 19.2 Å². The summed E-state index contributed by atoms with van der Waals surface area (Å²) in [7, 11) is 1.38. The molecule has 6 rings (SSSR count). The first-order valence-electron chi connectivity index (χ1n) is 14.4. The summed E-state index contributed by atoms with van der Waals surface area (Å²) >= 11 is 1.67. The van der Waals surface area contributed by atoms with Gasteiger partial charge in [0.25, 0.3) is 5.91 Å². The number of methoxy groups -OCH3 is 1. The maximum atomic E-state index is 12.6. The molecule has 0 spiro atoms. The molecule has 0 unspecified atom stereocenters.